The Bertz CT molecular complexity index is 1320. The molecule has 1 aliphatic rings. The van der Waals surface area contributed by atoms with Crippen LogP contribution in [-0.4, -0.2) is 23.5 Å². The molecule has 9 heteroatoms. The van der Waals surface area contributed by atoms with E-state index in [0.717, 1.165) is 45.7 Å². The minimum atomic E-state index is -0.972. The van der Waals surface area contributed by atoms with Gasteiger partial charge in [0.2, 0.25) is 0 Å². The van der Waals surface area contributed by atoms with Crippen molar-refractivity contribution < 1.29 is 27.8 Å². The molecule has 0 radical (unpaired) electrons. The lowest BCUT2D eigenvalue weighted by molar-refractivity contribution is -0.138. The monoisotopic (exact) mass is 498 g/mol. The normalized spacial score (nSPS) is 12.6. The molecule has 0 saturated carbocycles. The number of esters is 1. The van der Waals surface area contributed by atoms with Crippen LogP contribution in [0, 0.1) is 11.6 Å². The van der Waals surface area contributed by atoms with Crippen molar-refractivity contribution in [3.8, 4) is 17.0 Å². The highest BCUT2D eigenvalue weighted by atomic mass is 32.1. The van der Waals surface area contributed by atoms with E-state index in [4.69, 9.17) is 9.47 Å². The molecule has 0 spiro atoms. The van der Waals surface area contributed by atoms with Crippen molar-refractivity contribution in [2.24, 2.45) is 0 Å². The van der Waals surface area contributed by atoms with Crippen molar-refractivity contribution in [1.29, 1.82) is 0 Å². The number of hydrogen-bond donors (Lipinski definition) is 1. The zero-order valence-corrected chi connectivity index (χ0v) is 20.5. The van der Waals surface area contributed by atoms with E-state index in [2.05, 4.69) is 24.1 Å². The molecule has 0 aliphatic carbocycles. The number of benzene rings is 2. The quantitative estimate of drug-likeness (QED) is 0.318. The molecule has 3 aromatic rings. The molecule has 0 unspecified atom stereocenters. The average molecular weight is 499 g/mol. The van der Waals surface area contributed by atoms with Gasteiger partial charge in [-0.05, 0) is 49.6 Å². The molecule has 0 atom stereocenters. The minimum absolute atomic E-state index is 0.0401. The van der Waals surface area contributed by atoms with Crippen LogP contribution in [0.4, 0.5) is 13.9 Å². The van der Waals surface area contributed by atoms with Crippen molar-refractivity contribution >= 4 is 34.4 Å². The van der Waals surface area contributed by atoms with Crippen molar-refractivity contribution in [2.75, 3.05) is 11.9 Å². The molecule has 1 N–H and O–H groups in total. The summed E-state index contributed by atoms with van der Waals surface area (Å²) in [6.07, 6.45) is 1.06. The number of aromatic nitrogens is 1. The molecule has 4 rings (SSSR count). The molecule has 0 saturated heterocycles. The number of nitrogens with one attached hydrogen (secondary N) is 1. The van der Waals surface area contributed by atoms with Crippen LogP contribution < -0.4 is 10.1 Å². The maximum absolute atomic E-state index is 14.6. The number of fused-ring (bicyclic) bond motifs is 3. The summed E-state index contributed by atoms with van der Waals surface area (Å²) in [7, 11) is 0. The molecule has 2 heterocycles. The first kappa shape index (κ1) is 24.5. The maximum Gasteiger partial charge on any atom is 0.333 e. The van der Waals surface area contributed by atoms with Gasteiger partial charge in [-0.3, -0.25) is 10.1 Å². The number of para-hydroxylation sites is 1. The summed E-state index contributed by atoms with van der Waals surface area (Å²) >= 11 is 1.25. The Kier molecular flexibility index (Phi) is 6.98. The Balaban J connectivity index is 1.58. The standard InChI is InChI=1S/C26H24F2N2O4S/c1-5-33-25(32)14(4)9-18-19(27)10-15(11-20(18)28)24(31)30-26-29-22-17-8-6-7-16(13(2)3)23(17)34-12-21(22)35-26/h6-11,13H,5,12H2,1-4H3,(H,29,30,31)/b14-9+. The molecule has 1 aromatic heterocycles. The third-order valence-electron chi connectivity index (χ3n) is 5.49. The van der Waals surface area contributed by atoms with E-state index in [1.807, 2.05) is 18.2 Å². The molecular formula is C26H24F2N2O4S. The van der Waals surface area contributed by atoms with E-state index < -0.39 is 29.1 Å². The molecule has 2 aromatic carbocycles. The summed E-state index contributed by atoms with van der Waals surface area (Å²) in [6.45, 7) is 7.66. The number of nitrogens with zero attached hydrogens (tertiary/aromatic N) is 1. The van der Waals surface area contributed by atoms with E-state index in [-0.39, 0.29) is 23.7 Å². The summed E-state index contributed by atoms with van der Waals surface area (Å²) < 4.78 is 40.1. The summed E-state index contributed by atoms with van der Waals surface area (Å²) in [5, 5.41) is 2.92. The zero-order chi connectivity index (χ0) is 25.3. The van der Waals surface area contributed by atoms with Crippen LogP contribution in [-0.2, 0) is 16.1 Å². The van der Waals surface area contributed by atoms with Crippen LogP contribution in [0.2, 0.25) is 0 Å². The summed E-state index contributed by atoms with van der Waals surface area (Å²) in [6, 6.07) is 7.71. The summed E-state index contributed by atoms with van der Waals surface area (Å²) in [5.41, 5.74) is 2.05. The van der Waals surface area contributed by atoms with Gasteiger partial charge >= 0.3 is 5.97 Å². The Morgan fingerprint density at radius 1 is 1.26 bits per heavy atom. The van der Waals surface area contributed by atoms with Crippen LogP contribution in [0.5, 0.6) is 5.75 Å². The highest BCUT2D eigenvalue weighted by Gasteiger charge is 2.26. The fourth-order valence-electron chi connectivity index (χ4n) is 3.75. The Morgan fingerprint density at radius 2 is 1.97 bits per heavy atom. The van der Waals surface area contributed by atoms with E-state index in [1.54, 1.807) is 6.92 Å². The van der Waals surface area contributed by atoms with E-state index in [1.165, 1.54) is 18.3 Å². The van der Waals surface area contributed by atoms with Gasteiger partial charge in [0.05, 0.1) is 17.2 Å². The fraction of sp³-hybridized carbons (Fsp3) is 0.269. The first-order valence-corrected chi connectivity index (χ1v) is 11.9. The molecule has 6 nitrogen and oxygen atoms in total. The van der Waals surface area contributed by atoms with Crippen molar-refractivity contribution in [1.82, 2.24) is 4.98 Å². The smallest absolute Gasteiger partial charge is 0.333 e. The Labute approximate surface area is 205 Å². The van der Waals surface area contributed by atoms with Gasteiger partial charge in [0.1, 0.15) is 24.0 Å². The Hall–Kier alpha value is -3.59. The number of rotatable bonds is 6. The average Bonchev–Trinajstić information content (AvgIpc) is 3.23. The van der Waals surface area contributed by atoms with Crippen LogP contribution in [0.15, 0.2) is 35.9 Å². The van der Waals surface area contributed by atoms with Gasteiger partial charge in [0.25, 0.3) is 5.91 Å². The number of thiazole rings is 1. The molecule has 0 bridgehead atoms. The molecule has 182 valence electrons. The molecule has 1 aliphatic heterocycles. The van der Waals surface area contributed by atoms with E-state index in [9.17, 15) is 18.4 Å². The van der Waals surface area contributed by atoms with Crippen LogP contribution in [0.1, 0.15) is 60.0 Å². The Morgan fingerprint density at radius 3 is 2.63 bits per heavy atom. The van der Waals surface area contributed by atoms with Gasteiger partial charge in [-0.25, -0.2) is 18.6 Å². The lowest BCUT2D eigenvalue weighted by atomic mass is 9.96. The van der Waals surface area contributed by atoms with Crippen LogP contribution >= 0.6 is 11.3 Å². The summed E-state index contributed by atoms with van der Waals surface area (Å²) in [4.78, 5) is 29.9. The molecule has 1 amide bonds. The van der Waals surface area contributed by atoms with Crippen molar-refractivity contribution in [3.05, 3.63) is 69.1 Å². The largest absolute Gasteiger partial charge is 0.487 e. The maximum atomic E-state index is 14.6. The third kappa shape index (κ3) is 4.95. The zero-order valence-electron chi connectivity index (χ0n) is 19.7. The van der Waals surface area contributed by atoms with E-state index in [0.29, 0.717) is 11.7 Å². The van der Waals surface area contributed by atoms with Gasteiger partial charge in [-0.15, -0.1) is 0 Å². The third-order valence-corrected chi connectivity index (χ3v) is 6.43. The topological polar surface area (TPSA) is 77.5 Å². The molecular weight excluding hydrogens is 474 g/mol. The van der Waals surface area contributed by atoms with Gasteiger partial charge in [0.15, 0.2) is 5.13 Å². The fourth-order valence-corrected chi connectivity index (χ4v) is 4.64. The SMILES string of the molecule is CCOC(=O)/C(C)=C/c1c(F)cc(C(=O)Nc2nc3c(s2)COc2c-3cccc2C(C)C)cc1F. The van der Waals surface area contributed by atoms with Gasteiger partial charge < -0.3 is 9.47 Å². The van der Waals surface area contributed by atoms with Crippen LogP contribution in [0.25, 0.3) is 17.3 Å². The first-order valence-electron chi connectivity index (χ1n) is 11.1. The van der Waals surface area contributed by atoms with Gasteiger partial charge in [-0.1, -0.05) is 37.3 Å². The highest BCUT2D eigenvalue weighted by molar-refractivity contribution is 7.16. The van der Waals surface area contributed by atoms with Crippen LogP contribution in [0.3, 0.4) is 0 Å². The van der Waals surface area contributed by atoms with Crippen molar-refractivity contribution in [3.63, 3.8) is 0 Å². The number of halogens is 2. The van der Waals surface area contributed by atoms with Crippen molar-refractivity contribution in [2.45, 2.75) is 40.2 Å². The molecule has 35 heavy (non-hydrogen) atoms. The van der Waals surface area contributed by atoms with Gasteiger partial charge in [-0.2, -0.15) is 0 Å². The lowest BCUT2D eigenvalue weighted by Crippen LogP contribution is -2.13. The van der Waals surface area contributed by atoms with E-state index >= 15 is 0 Å². The van der Waals surface area contributed by atoms with Gasteiger partial charge in [0, 0.05) is 22.3 Å². The number of anilines is 1. The lowest BCUT2D eigenvalue weighted by Gasteiger charge is -2.21. The number of amides is 1. The number of carbonyl (C=O) groups excluding carboxylic acids is 2. The number of ether oxygens (including phenoxy) is 2. The second-order valence-electron chi connectivity index (χ2n) is 8.31. The molecule has 0 fully saturated rings. The number of carbonyl (C=O) groups is 2. The predicted molar refractivity (Wildman–Crippen MR) is 131 cm³/mol. The first-order chi connectivity index (χ1) is 16.7. The number of hydrogen-bond acceptors (Lipinski definition) is 6. The second kappa shape index (κ2) is 9.95. The second-order valence-corrected chi connectivity index (χ2v) is 9.40. The predicted octanol–water partition coefficient (Wildman–Crippen LogP) is 6.32. The summed E-state index contributed by atoms with van der Waals surface area (Å²) in [5.74, 6) is -2.27. The highest BCUT2D eigenvalue weighted by Crippen LogP contribution is 2.44. The minimum Gasteiger partial charge on any atom is -0.487 e.